The molecule has 2 heterocycles. The van der Waals surface area contributed by atoms with E-state index >= 15 is 0 Å². The summed E-state index contributed by atoms with van der Waals surface area (Å²) in [7, 11) is 0. The molecule has 3 nitrogen and oxygen atoms in total. The summed E-state index contributed by atoms with van der Waals surface area (Å²) >= 11 is 1.62. The van der Waals surface area contributed by atoms with Crippen molar-refractivity contribution in [2.75, 3.05) is 18.0 Å². The Morgan fingerprint density at radius 3 is 2.70 bits per heavy atom. The van der Waals surface area contributed by atoms with Gasteiger partial charge in [-0.2, -0.15) is 0 Å². The fraction of sp³-hybridized carbons (Fsp3) is 0.444. The number of rotatable bonds is 4. The number of hydrogen-bond donors (Lipinski definition) is 0. The first-order valence-corrected chi connectivity index (χ1v) is 9.03. The maximum absolute atomic E-state index is 13.2. The Hall–Kier alpha value is -1.62. The number of aromatic nitrogens is 2. The summed E-state index contributed by atoms with van der Waals surface area (Å²) in [6.07, 6.45) is 2.91. The maximum Gasteiger partial charge on any atom is 0.133 e. The lowest BCUT2D eigenvalue weighted by Gasteiger charge is -2.35. The van der Waals surface area contributed by atoms with Gasteiger partial charge in [0.05, 0.1) is 0 Å². The monoisotopic (exact) mass is 331 g/mol. The first-order chi connectivity index (χ1) is 11.1. The molecule has 0 bridgehead atoms. The van der Waals surface area contributed by atoms with Crippen LogP contribution in [0.1, 0.15) is 25.8 Å². The van der Waals surface area contributed by atoms with Gasteiger partial charge in [-0.25, -0.2) is 14.4 Å². The molecule has 1 aromatic carbocycles. The van der Waals surface area contributed by atoms with Crippen molar-refractivity contribution in [2.45, 2.75) is 31.0 Å². The lowest BCUT2D eigenvalue weighted by Crippen LogP contribution is -2.39. The van der Waals surface area contributed by atoms with Gasteiger partial charge in [-0.3, -0.25) is 0 Å². The van der Waals surface area contributed by atoms with Crippen LogP contribution in [0.5, 0.6) is 0 Å². The van der Waals surface area contributed by atoms with Gasteiger partial charge in [0.15, 0.2) is 0 Å². The van der Waals surface area contributed by atoms with Crippen molar-refractivity contribution < 1.29 is 4.39 Å². The lowest BCUT2D eigenvalue weighted by atomic mass is 9.92. The van der Waals surface area contributed by atoms with E-state index in [2.05, 4.69) is 34.8 Å². The molecule has 1 aromatic heterocycles. The van der Waals surface area contributed by atoms with Gasteiger partial charge in [-0.05, 0) is 36.0 Å². The maximum atomic E-state index is 13.2. The summed E-state index contributed by atoms with van der Waals surface area (Å²) in [5.41, 5.74) is 0.968. The number of anilines is 1. The van der Waals surface area contributed by atoms with Crippen LogP contribution in [0.3, 0.4) is 0 Å². The van der Waals surface area contributed by atoms with Crippen LogP contribution in [0, 0.1) is 17.7 Å². The third kappa shape index (κ3) is 4.44. The zero-order valence-corrected chi connectivity index (χ0v) is 14.4. The minimum absolute atomic E-state index is 0.192. The molecule has 23 heavy (non-hydrogen) atoms. The van der Waals surface area contributed by atoms with E-state index in [9.17, 15) is 4.39 Å². The minimum atomic E-state index is -0.192. The lowest BCUT2D eigenvalue weighted by molar-refractivity contribution is 0.355. The highest BCUT2D eigenvalue weighted by atomic mass is 32.2. The highest BCUT2D eigenvalue weighted by Gasteiger charge is 2.22. The first-order valence-electron chi connectivity index (χ1n) is 8.04. The standard InChI is InChI=1S/C18H22FN3S/c1-13-6-14(2)10-22(9-13)17-8-18(21-12-20-17)23-11-15-4-3-5-16(19)7-15/h3-5,7-8,12-14H,6,9-11H2,1-2H3. The topological polar surface area (TPSA) is 29.0 Å². The van der Waals surface area contributed by atoms with Crippen LogP contribution in [0.2, 0.25) is 0 Å². The summed E-state index contributed by atoms with van der Waals surface area (Å²) in [4.78, 5) is 11.1. The second-order valence-electron chi connectivity index (χ2n) is 6.48. The Bertz CT molecular complexity index is 654. The molecule has 0 radical (unpaired) electrons. The van der Waals surface area contributed by atoms with Crippen molar-refractivity contribution >= 4 is 17.6 Å². The van der Waals surface area contributed by atoms with Crippen molar-refractivity contribution in [1.82, 2.24) is 9.97 Å². The van der Waals surface area contributed by atoms with E-state index in [1.165, 1.54) is 12.5 Å². The summed E-state index contributed by atoms with van der Waals surface area (Å²) in [5, 5.41) is 0.935. The quantitative estimate of drug-likeness (QED) is 0.614. The van der Waals surface area contributed by atoms with Crippen LogP contribution in [-0.4, -0.2) is 23.1 Å². The van der Waals surface area contributed by atoms with E-state index < -0.39 is 0 Å². The van der Waals surface area contributed by atoms with E-state index in [1.54, 1.807) is 30.2 Å². The van der Waals surface area contributed by atoms with Crippen LogP contribution in [0.4, 0.5) is 10.2 Å². The number of piperidine rings is 1. The van der Waals surface area contributed by atoms with Gasteiger partial charge in [0, 0.05) is 24.9 Å². The Morgan fingerprint density at radius 1 is 1.17 bits per heavy atom. The van der Waals surface area contributed by atoms with Gasteiger partial charge in [-0.1, -0.05) is 26.0 Å². The largest absolute Gasteiger partial charge is 0.356 e. The molecule has 122 valence electrons. The predicted molar refractivity (Wildman–Crippen MR) is 93.2 cm³/mol. The fourth-order valence-electron chi connectivity index (χ4n) is 3.22. The molecule has 1 aliphatic rings. The molecule has 5 heteroatoms. The van der Waals surface area contributed by atoms with Crippen molar-refractivity contribution in [3.63, 3.8) is 0 Å². The SMILES string of the molecule is CC1CC(C)CN(c2cc(SCc3cccc(F)c3)ncn2)C1. The second-order valence-corrected chi connectivity index (χ2v) is 7.48. The van der Waals surface area contributed by atoms with E-state index in [1.807, 2.05) is 6.07 Å². The molecule has 0 spiro atoms. The highest BCUT2D eigenvalue weighted by molar-refractivity contribution is 7.98. The average molecular weight is 331 g/mol. The molecule has 3 rings (SSSR count). The van der Waals surface area contributed by atoms with Crippen molar-refractivity contribution in [3.05, 3.63) is 48.0 Å². The number of thioether (sulfide) groups is 1. The van der Waals surface area contributed by atoms with Crippen molar-refractivity contribution in [2.24, 2.45) is 11.8 Å². The third-order valence-electron chi connectivity index (χ3n) is 4.10. The summed E-state index contributed by atoms with van der Waals surface area (Å²) in [5.74, 6) is 2.90. The fourth-order valence-corrected chi connectivity index (χ4v) is 4.02. The zero-order chi connectivity index (χ0) is 16.2. The molecule has 1 fully saturated rings. The molecule has 0 N–H and O–H groups in total. The molecule has 1 saturated heterocycles. The van der Waals surface area contributed by atoms with Crippen molar-refractivity contribution in [3.8, 4) is 0 Å². The molecule has 0 saturated carbocycles. The van der Waals surface area contributed by atoms with E-state index in [0.29, 0.717) is 17.6 Å². The summed E-state index contributed by atoms with van der Waals surface area (Å²) in [6, 6.07) is 8.77. The van der Waals surface area contributed by atoms with Crippen LogP contribution in [-0.2, 0) is 5.75 Å². The van der Waals surface area contributed by atoms with Gasteiger partial charge in [0.25, 0.3) is 0 Å². The smallest absolute Gasteiger partial charge is 0.133 e. The van der Waals surface area contributed by atoms with Crippen LogP contribution >= 0.6 is 11.8 Å². The first kappa shape index (κ1) is 16.2. The van der Waals surface area contributed by atoms with Crippen LogP contribution in [0.15, 0.2) is 41.7 Å². The third-order valence-corrected chi connectivity index (χ3v) is 5.09. The number of halogens is 1. The summed E-state index contributed by atoms with van der Waals surface area (Å²) in [6.45, 7) is 6.69. The number of benzene rings is 1. The molecule has 0 amide bonds. The van der Waals surface area contributed by atoms with Gasteiger partial charge in [0.2, 0.25) is 0 Å². The van der Waals surface area contributed by atoms with Gasteiger partial charge in [-0.15, -0.1) is 11.8 Å². The Balaban J connectivity index is 1.67. The Morgan fingerprint density at radius 2 is 1.96 bits per heavy atom. The summed E-state index contributed by atoms with van der Waals surface area (Å²) < 4.78 is 13.2. The molecule has 0 aliphatic carbocycles. The molecule has 2 atom stereocenters. The second kappa shape index (κ2) is 7.30. The molecule has 2 aromatic rings. The molecular weight excluding hydrogens is 309 g/mol. The van der Waals surface area contributed by atoms with Gasteiger partial charge >= 0.3 is 0 Å². The van der Waals surface area contributed by atoms with Gasteiger partial charge in [0.1, 0.15) is 23.0 Å². The Kier molecular flexibility index (Phi) is 5.16. The van der Waals surface area contributed by atoms with E-state index in [-0.39, 0.29) is 5.82 Å². The Labute approximate surface area is 141 Å². The minimum Gasteiger partial charge on any atom is -0.356 e. The average Bonchev–Trinajstić information content (AvgIpc) is 2.52. The number of nitrogens with zero attached hydrogens (tertiary/aromatic N) is 3. The van der Waals surface area contributed by atoms with Gasteiger partial charge < -0.3 is 4.90 Å². The number of hydrogen-bond acceptors (Lipinski definition) is 4. The molecular formula is C18H22FN3S. The normalized spacial score (nSPS) is 21.4. The van der Waals surface area contributed by atoms with Crippen molar-refractivity contribution in [1.29, 1.82) is 0 Å². The molecule has 1 aliphatic heterocycles. The molecule has 2 unspecified atom stereocenters. The van der Waals surface area contributed by atoms with E-state index in [4.69, 9.17) is 0 Å². The van der Waals surface area contributed by atoms with Crippen LogP contribution < -0.4 is 4.90 Å². The predicted octanol–water partition coefficient (Wildman–Crippen LogP) is 4.39. The van der Waals surface area contributed by atoms with Crippen LogP contribution in [0.25, 0.3) is 0 Å². The highest BCUT2D eigenvalue weighted by Crippen LogP contribution is 2.28. The zero-order valence-electron chi connectivity index (χ0n) is 13.6. The van der Waals surface area contributed by atoms with E-state index in [0.717, 1.165) is 29.5 Å².